The van der Waals surface area contributed by atoms with Crippen LogP contribution in [0.15, 0.2) is 47.4 Å². The van der Waals surface area contributed by atoms with Crippen molar-refractivity contribution in [3.8, 4) is 17.0 Å². The molecular weight excluding hydrogens is 418 g/mol. The summed E-state index contributed by atoms with van der Waals surface area (Å²) < 4.78 is 37.4. The highest BCUT2D eigenvalue weighted by Gasteiger charge is 2.17. The molecule has 0 aliphatic rings. The molecule has 3 rings (SSSR count). The molecular formula is C21H25N5O4S. The second-order valence-corrected chi connectivity index (χ2v) is 8.33. The zero-order valence-electron chi connectivity index (χ0n) is 17.5. The third-order valence-electron chi connectivity index (χ3n) is 4.83. The number of nitrogens with one attached hydrogen (secondary N) is 2. The smallest absolute Gasteiger partial charge is 0.298 e. The lowest BCUT2D eigenvalue weighted by atomic mass is 10.0. The first-order valence-corrected chi connectivity index (χ1v) is 11.0. The Morgan fingerprint density at radius 2 is 1.81 bits per heavy atom. The first-order valence-electron chi connectivity index (χ1n) is 9.53. The highest BCUT2D eigenvalue weighted by Crippen LogP contribution is 2.27. The fraction of sp³-hybridized carbons (Fsp3) is 0.238. The van der Waals surface area contributed by atoms with Crippen LogP contribution in [-0.4, -0.2) is 43.1 Å². The van der Waals surface area contributed by atoms with Crippen LogP contribution < -0.4 is 21.1 Å². The number of ether oxygens (including phenoxy) is 1. The second-order valence-electron chi connectivity index (χ2n) is 6.94. The molecule has 0 saturated heterocycles. The third kappa shape index (κ3) is 5.41. The monoisotopic (exact) mass is 443 g/mol. The third-order valence-corrected chi connectivity index (χ3v) is 5.70. The van der Waals surface area contributed by atoms with E-state index < -0.39 is 10.1 Å². The summed E-state index contributed by atoms with van der Waals surface area (Å²) >= 11 is 0. The van der Waals surface area contributed by atoms with E-state index in [-0.39, 0.29) is 16.6 Å². The van der Waals surface area contributed by atoms with Gasteiger partial charge in [0.25, 0.3) is 10.1 Å². The van der Waals surface area contributed by atoms with Crippen LogP contribution in [0, 0.1) is 13.8 Å². The molecule has 0 unspecified atom stereocenters. The van der Waals surface area contributed by atoms with Gasteiger partial charge in [-0.15, -0.1) is 0 Å². The van der Waals surface area contributed by atoms with Gasteiger partial charge in [-0.1, -0.05) is 18.2 Å². The highest BCUT2D eigenvalue weighted by atomic mass is 32.2. The number of nitrogens with two attached hydrogens (primary N) is 1. The summed E-state index contributed by atoms with van der Waals surface area (Å²) in [7, 11) is -3.06. The SMILES string of the molecule is COc1ccc(NCCNc2cc(-c3cccc(C)c3C)nc(N)n2)cc1S(=O)(=O)O. The summed E-state index contributed by atoms with van der Waals surface area (Å²) in [4.78, 5) is 8.28. The summed E-state index contributed by atoms with van der Waals surface area (Å²) in [6, 6.07) is 12.3. The topological polar surface area (TPSA) is 139 Å². The van der Waals surface area contributed by atoms with Crippen LogP contribution in [0.3, 0.4) is 0 Å². The minimum absolute atomic E-state index is 0.0709. The maximum absolute atomic E-state index is 11.5. The summed E-state index contributed by atoms with van der Waals surface area (Å²) in [5.41, 5.74) is 10.4. The molecule has 0 fully saturated rings. The number of aryl methyl sites for hydroxylation is 1. The van der Waals surface area contributed by atoms with E-state index in [0.29, 0.717) is 24.6 Å². The Kier molecular flexibility index (Phi) is 6.62. The number of nitrogens with zero attached hydrogens (tertiary/aromatic N) is 2. The standard InChI is InChI=1S/C21H25N5O4S/c1-13-5-4-6-16(14(13)2)17-12-20(26-21(22)25-17)24-10-9-23-15-7-8-18(30-3)19(11-15)31(27,28)29/h4-8,11-12,23H,9-10H2,1-3H3,(H,27,28,29)(H3,22,24,25,26). The van der Waals surface area contributed by atoms with Crippen LogP contribution in [0.5, 0.6) is 5.75 Å². The van der Waals surface area contributed by atoms with Gasteiger partial charge in [0.05, 0.1) is 12.8 Å². The number of benzene rings is 2. The van der Waals surface area contributed by atoms with E-state index in [2.05, 4.69) is 20.6 Å². The van der Waals surface area contributed by atoms with Crippen LogP contribution in [-0.2, 0) is 10.1 Å². The molecule has 0 atom stereocenters. The average molecular weight is 444 g/mol. The molecule has 0 saturated carbocycles. The molecule has 1 aromatic heterocycles. The minimum Gasteiger partial charge on any atom is -0.495 e. The maximum atomic E-state index is 11.5. The Balaban J connectivity index is 1.68. The van der Waals surface area contributed by atoms with Crippen molar-refractivity contribution in [2.45, 2.75) is 18.7 Å². The molecule has 31 heavy (non-hydrogen) atoms. The number of rotatable bonds is 8. The summed E-state index contributed by atoms with van der Waals surface area (Å²) in [5.74, 6) is 0.821. The van der Waals surface area contributed by atoms with Gasteiger partial charge in [0, 0.05) is 30.4 Å². The van der Waals surface area contributed by atoms with Gasteiger partial charge >= 0.3 is 0 Å². The zero-order chi connectivity index (χ0) is 22.6. The fourth-order valence-corrected chi connectivity index (χ4v) is 3.79. The molecule has 9 nitrogen and oxygen atoms in total. The molecule has 10 heteroatoms. The number of hydrogen-bond donors (Lipinski definition) is 4. The van der Waals surface area contributed by atoms with E-state index in [1.165, 1.54) is 19.2 Å². The molecule has 0 aliphatic carbocycles. The zero-order valence-corrected chi connectivity index (χ0v) is 18.3. The van der Waals surface area contributed by atoms with E-state index in [1.54, 1.807) is 6.07 Å². The van der Waals surface area contributed by atoms with Crippen LogP contribution in [0.1, 0.15) is 11.1 Å². The van der Waals surface area contributed by atoms with Gasteiger partial charge < -0.3 is 21.1 Å². The van der Waals surface area contributed by atoms with Crippen molar-refractivity contribution in [2.75, 3.05) is 36.6 Å². The predicted octanol–water partition coefficient (Wildman–Crippen LogP) is 3.12. The van der Waals surface area contributed by atoms with Crippen LogP contribution >= 0.6 is 0 Å². The molecule has 5 N–H and O–H groups in total. The largest absolute Gasteiger partial charge is 0.495 e. The van der Waals surface area contributed by atoms with Crippen molar-refractivity contribution in [2.24, 2.45) is 0 Å². The molecule has 0 aliphatic heterocycles. The summed E-state index contributed by atoms with van der Waals surface area (Å²) in [6.07, 6.45) is 0. The van der Waals surface area contributed by atoms with Crippen molar-refractivity contribution in [3.05, 3.63) is 53.6 Å². The first-order chi connectivity index (χ1) is 14.7. The second kappa shape index (κ2) is 9.19. The maximum Gasteiger partial charge on any atom is 0.298 e. The Bertz CT molecular complexity index is 1200. The van der Waals surface area contributed by atoms with Gasteiger partial charge in [-0.05, 0) is 43.2 Å². The Morgan fingerprint density at radius 3 is 2.52 bits per heavy atom. The molecule has 3 aromatic rings. The van der Waals surface area contributed by atoms with E-state index in [9.17, 15) is 13.0 Å². The van der Waals surface area contributed by atoms with Crippen LogP contribution in [0.2, 0.25) is 0 Å². The van der Waals surface area contributed by atoms with Gasteiger partial charge in [0.2, 0.25) is 5.95 Å². The quantitative estimate of drug-likeness (QED) is 0.305. The van der Waals surface area contributed by atoms with Gasteiger partial charge in [-0.3, -0.25) is 4.55 Å². The molecule has 0 spiro atoms. The predicted molar refractivity (Wildman–Crippen MR) is 121 cm³/mol. The lowest BCUT2D eigenvalue weighted by Crippen LogP contribution is -2.15. The summed E-state index contributed by atoms with van der Waals surface area (Å²) in [5, 5.41) is 6.27. The molecule has 0 bridgehead atoms. The van der Waals surface area contributed by atoms with Crippen molar-refractivity contribution >= 4 is 27.6 Å². The first kappa shape index (κ1) is 22.3. The molecule has 2 aromatic carbocycles. The van der Waals surface area contributed by atoms with E-state index in [1.807, 2.05) is 38.1 Å². The number of nitrogen functional groups attached to an aromatic ring is 1. The number of anilines is 3. The van der Waals surface area contributed by atoms with Gasteiger partial charge in [-0.25, -0.2) is 4.98 Å². The highest BCUT2D eigenvalue weighted by molar-refractivity contribution is 7.86. The fourth-order valence-electron chi connectivity index (χ4n) is 3.11. The molecule has 164 valence electrons. The van der Waals surface area contributed by atoms with E-state index in [4.69, 9.17) is 10.5 Å². The number of hydrogen-bond acceptors (Lipinski definition) is 8. The van der Waals surface area contributed by atoms with Crippen LogP contribution in [0.25, 0.3) is 11.3 Å². The van der Waals surface area contributed by atoms with Gasteiger partial charge in [0.1, 0.15) is 16.5 Å². The Labute approximate surface area is 181 Å². The molecule has 1 heterocycles. The lowest BCUT2D eigenvalue weighted by molar-refractivity contribution is 0.397. The molecule has 0 amide bonds. The Hall–Kier alpha value is -3.37. The minimum atomic E-state index is -4.40. The average Bonchev–Trinajstić information content (AvgIpc) is 2.72. The lowest BCUT2D eigenvalue weighted by Gasteiger charge is -2.13. The number of aromatic nitrogens is 2. The Morgan fingerprint density at radius 1 is 1.06 bits per heavy atom. The molecule has 0 radical (unpaired) electrons. The van der Waals surface area contributed by atoms with Crippen molar-refractivity contribution in [1.82, 2.24) is 9.97 Å². The normalized spacial score (nSPS) is 11.2. The van der Waals surface area contributed by atoms with Gasteiger partial charge in [-0.2, -0.15) is 13.4 Å². The van der Waals surface area contributed by atoms with E-state index >= 15 is 0 Å². The summed E-state index contributed by atoms with van der Waals surface area (Å²) in [6.45, 7) is 5.02. The van der Waals surface area contributed by atoms with Crippen molar-refractivity contribution in [1.29, 1.82) is 0 Å². The van der Waals surface area contributed by atoms with E-state index in [0.717, 1.165) is 22.4 Å². The number of methoxy groups -OCH3 is 1. The van der Waals surface area contributed by atoms with Gasteiger partial charge in [0.15, 0.2) is 0 Å². The van der Waals surface area contributed by atoms with Crippen LogP contribution in [0.4, 0.5) is 17.5 Å². The van der Waals surface area contributed by atoms with Crippen molar-refractivity contribution in [3.63, 3.8) is 0 Å². The van der Waals surface area contributed by atoms with Crippen molar-refractivity contribution < 1.29 is 17.7 Å².